The van der Waals surface area contributed by atoms with Crippen molar-refractivity contribution in [1.82, 2.24) is 0 Å². The Labute approximate surface area is 130 Å². The van der Waals surface area contributed by atoms with Crippen molar-refractivity contribution in [1.29, 1.82) is 0 Å². The van der Waals surface area contributed by atoms with Crippen molar-refractivity contribution < 1.29 is 77.0 Å². The molecule has 3 nitrogen and oxygen atoms in total. The molecule has 0 spiro atoms. The maximum Gasteiger partial charge on any atom is 2.00 e. The topological polar surface area (TPSA) is 60.7 Å². The summed E-state index contributed by atoms with van der Waals surface area (Å²) >= 11 is 0. The Morgan fingerprint density at radius 1 is 1.12 bits per heavy atom. The fourth-order valence-corrected chi connectivity index (χ4v) is 0. The van der Waals surface area contributed by atoms with Gasteiger partial charge in [-0.2, -0.15) is 0 Å². The third-order valence-electron chi connectivity index (χ3n) is 0. The monoisotopic (exact) mass is 190 g/mol. The van der Waals surface area contributed by atoms with Crippen LogP contribution in [0.1, 0.15) is 7.13 Å². The van der Waals surface area contributed by atoms with E-state index in [-0.39, 0.29) is 105 Å². The molecule has 0 amide bonds. The van der Waals surface area contributed by atoms with Gasteiger partial charge in [0.25, 0.3) is 0 Å². The first-order valence-corrected chi connectivity index (χ1v) is 2.58. The van der Waals surface area contributed by atoms with E-state index >= 15 is 0 Å². The average molecular weight is 191 g/mol. The van der Waals surface area contributed by atoms with Gasteiger partial charge < -0.3 is 21.5 Å². The van der Waals surface area contributed by atoms with Crippen LogP contribution in [-0.2, 0) is 0 Å². The van der Waals surface area contributed by atoms with E-state index in [9.17, 15) is 4.11 Å². The molecule has 8 heavy (non-hydrogen) atoms. The molecule has 0 unspecified atom stereocenters. The van der Waals surface area contributed by atoms with Crippen LogP contribution in [0.15, 0.2) is 0 Å². The van der Waals surface area contributed by atoms with E-state index < -0.39 is 9.14 Å². The summed E-state index contributed by atoms with van der Waals surface area (Å²) in [5.41, 5.74) is 0. The molecule has 0 saturated carbocycles. The van der Waals surface area contributed by atoms with E-state index in [4.69, 9.17) is 14.4 Å². The Morgan fingerprint density at radius 2 is 1.12 bits per heavy atom. The van der Waals surface area contributed by atoms with Gasteiger partial charge in [0.15, 0.2) is 0 Å². The van der Waals surface area contributed by atoms with Crippen molar-refractivity contribution >= 4 is 55.2 Å². The molecule has 0 rings (SSSR count). The molecule has 0 aromatic carbocycles. The van der Waals surface area contributed by atoms with Crippen LogP contribution in [0, 0.1) is 0 Å². The Balaban J connectivity index is -0.00000000286. The van der Waals surface area contributed by atoms with E-state index in [1.165, 1.54) is 0 Å². The molecule has 0 aliphatic heterocycles. The molecule has 0 aromatic rings. The molecule has 0 aliphatic rings. The van der Waals surface area contributed by atoms with Crippen LogP contribution in [0.25, 0.3) is 0 Å². The van der Waals surface area contributed by atoms with Crippen LogP contribution in [0.3, 0.4) is 0 Å². The summed E-state index contributed by atoms with van der Waals surface area (Å²) in [5.74, 6) is 0. The summed E-state index contributed by atoms with van der Waals surface area (Å²) in [7, 11) is -5.11. The molecule has 0 aliphatic carbocycles. The van der Waals surface area contributed by atoms with Crippen molar-refractivity contribution in [3.63, 3.8) is 0 Å². The first kappa shape index (κ1) is 22.5. The van der Waals surface area contributed by atoms with Gasteiger partial charge in [-0.1, -0.05) is 0 Å². The maximum absolute atomic E-state index is 10.5. The molecule has 8 heteroatoms. The zero-order valence-electron chi connectivity index (χ0n) is 9.63. The molecule has 0 aromatic heterocycles. The molecule has 0 heterocycles. The van der Waals surface area contributed by atoms with Gasteiger partial charge in [-0.05, 0) is 0 Å². The van der Waals surface area contributed by atoms with Gasteiger partial charge in [-0.25, -0.2) is 4.11 Å². The van der Waals surface area contributed by atoms with Crippen LogP contribution in [0.2, 0.25) is 0 Å². The zero-order chi connectivity index (χ0) is 4.50. The van der Waals surface area contributed by atoms with Crippen molar-refractivity contribution in [3.8, 4) is 0 Å². The molecular weight excluding hydrogens is 183 g/mol. The molecule has 42 valence electrons. The molecule has 0 fully saturated rings. The Morgan fingerprint density at radius 3 is 1.12 bits per heavy atom. The van der Waals surface area contributed by atoms with E-state index in [2.05, 4.69) is 0 Å². The van der Waals surface area contributed by atoms with E-state index in [0.29, 0.717) is 0 Å². The van der Waals surface area contributed by atoms with Crippen molar-refractivity contribution in [2.24, 2.45) is 0 Å². The number of hydrogen-bond acceptors (Lipinski definition) is 3. The summed E-state index contributed by atoms with van der Waals surface area (Å²) in [6.07, 6.45) is 0. The van der Waals surface area contributed by atoms with Gasteiger partial charge in [0.2, 0.25) is 0 Å². The zero-order valence-corrected chi connectivity index (χ0v) is 11.6. The smallest absolute Gasteiger partial charge is 1.00 e. The first-order chi connectivity index (χ1) is 2.00. The average Bonchev–Trinajstić information content (AvgIpc) is 0.722. The van der Waals surface area contributed by atoms with E-state index in [0.717, 1.165) is 0 Å². The van der Waals surface area contributed by atoms with Crippen LogP contribution in [0.4, 0.5) is 4.11 Å². The second-order valence-electron chi connectivity index (χ2n) is 0.554. The minimum absolute atomic E-state index is 0. The molecule has 0 bridgehead atoms. The Bertz CT molecular complexity index is 45.3. The van der Waals surface area contributed by atoms with E-state index in [1.807, 2.05) is 0 Å². The third-order valence-corrected chi connectivity index (χ3v) is 0. The summed E-state index contributed by atoms with van der Waals surface area (Å²) in [4.78, 5) is 21.3. The SMILES string of the molecule is O[Si](O)(O)F.[H-].[H-].[H-].[H-].[H-].[K+].[Mg+2].[Mg+2]. The summed E-state index contributed by atoms with van der Waals surface area (Å²) < 4.78 is 10.5. The van der Waals surface area contributed by atoms with Crippen LogP contribution in [0.5, 0.6) is 0 Å². The van der Waals surface area contributed by atoms with Crippen molar-refractivity contribution in [2.75, 3.05) is 0 Å². The molecule has 0 atom stereocenters. The van der Waals surface area contributed by atoms with Crippen molar-refractivity contribution in [2.45, 2.75) is 0 Å². The second-order valence-corrected chi connectivity index (χ2v) is 1.66. The molecular formula is H8FKMg2O3Si. The fraction of sp³-hybridized carbons (Fsp3) is 0. The van der Waals surface area contributed by atoms with Crippen LogP contribution >= 0.6 is 0 Å². The standard InChI is InChI=1S/FH3O3Si.K.2Mg.5H/c1-5(2,3)4;;;;;;;;/h2-4H;;;;;;;;/q;+1;2*+2;5*-1. The van der Waals surface area contributed by atoms with Gasteiger partial charge in [0, 0.05) is 0 Å². The molecule has 0 saturated heterocycles. The molecule has 0 radical (unpaired) electrons. The van der Waals surface area contributed by atoms with Gasteiger partial charge >= 0.3 is 107 Å². The van der Waals surface area contributed by atoms with Gasteiger partial charge in [-0.3, -0.25) is 0 Å². The van der Waals surface area contributed by atoms with Gasteiger partial charge in [0.1, 0.15) is 0 Å². The Kier molecular flexibility index (Phi) is 28.6. The second kappa shape index (κ2) is 10.2. The number of halogens is 1. The normalized spacial score (nSPS) is 7.50. The van der Waals surface area contributed by atoms with Crippen LogP contribution in [-0.4, -0.2) is 69.6 Å². The predicted molar refractivity (Wildman–Crippen MR) is 30.6 cm³/mol. The van der Waals surface area contributed by atoms with Crippen molar-refractivity contribution in [3.05, 3.63) is 0 Å². The minimum Gasteiger partial charge on any atom is -1.00 e. The van der Waals surface area contributed by atoms with Gasteiger partial charge in [-0.15, -0.1) is 0 Å². The van der Waals surface area contributed by atoms with Crippen LogP contribution < -0.4 is 51.4 Å². The third kappa shape index (κ3) is 60.5. The maximum atomic E-state index is 10.5. The van der Waals surface area contributed by atoms with E-state index in [1.54, 1.807) is 0 Å². The Hall–Kier alpha value is 3.20. The van der Waals surface area contributed by atoms with Gasteiger partial charge in [0.05, 0.1) is 0 Å². The fourth-order valence-electron chi connectivity index (χ4n) is 0. The minimum atomic E-state index is -5.11. The first-order valence-electron chi connectivity index (χ1n) is 0.860. The largest absolute Gasteiger partial charge is 2.00 e. The number of rotatable bonds is 0. The quantitative estimate of drug-likeness (QED) is 0.266. The molecule has 3 N–H and O–H groups in total. The predicted octanol–water partition coefficient (Wildman–Crippen LogP) is -4.83. The summed E-state index contributed by atoms with van der Waals surface area (Å²) in [5, 5.41) is 0. The summed E-state index contributed by atoms with van der Waals surface area (Å²) in [6, 6.07) is 0. The summed E-state index contributed by atoms with van der Waals surface area (Å²) in [6.45, 7) is 0. The number of hydrogen-bond donors (Lipinski definition) is 3.